The highest BCUT2D eigenvalue weighted by molar-refractivity contribution is 5.97. The van der Waals surface area contributed by atoms with E-state index in [1.807, 2.05) is 55.5 Å². The van der Waals surface area contributed by atoms with Crippen molar-refractivity contribution in [2.24, 2.45) is 0 Å². The third-order valence-electron chi connectivity index (χ3n) is 4.95. The molecular weight excluding hydrogens is 368 g/mol. The minimum Gasteiger partial charge on any atom is -0.494 e. The summed E-state index contributed by atoms with van der Waals surface area (Å²) in [4.78, 5) is 19.1. The number of nitrogens with zero attached hydrogens (tertiary/aromatic N) is 4. The van der Waals surface area contributed by atoms with Crippen molar-refractivity contribution in [3.05, 3.63) is 59.8 Å². The average molecular weight is 390 g/mol. The van der Waals surface area contributed by atoms with Crippen molar-refractivity contribution in [2.75, 3.05) is 18.6 Å². The monoisotopic (exact) mass is 390 g/mol. The predicted molar refractivity (Wildman–Crippen MR) is 109 cm³/mol. The summed E-state index contributed by atoms with van der Waals surface area (Å²) < 4.78 is 10.7. The van der Waals surface area contributed by atoms with Gasteiger partial charge in [0.15, 0.2) is 0 Å². The third kappa shape index (κ3) is 3.51. The van der Waals surface area contributed by atoms with Crippen molar-refractivity contribution < 1.29 is 14.3 Å². The summed E-state index contributed by atoms with van der Waals surface area (Å²) in [5.41, 5.74) is 4.02. The van der Waals surface area contributed by atoms with Crippen molar-refractivity contribution in [1.29, 1.82) is 0 Å². The Bertz CT molecular complexity index is 1040. The van der Waals surface area contributed by atoms with E-state index >= 15 is 0 Å². The van der Waals surface area contributed by atoms with Crippen LogP contribution in [-0.4, -0.2) is 34.8 Å². The molecule has 148 valence electrons. The van der Waals surface area contributed by atoms with Crippen LogP contribution < -0.4 is 14.4 Å². The largest absolute Gasteiger partial charge is 0.494 e. The Hall–Kier alpha value is -3.48. The van der Waals surface area contributed by atoms with Crippen LogP contribution in [0.4, 0.5) is 5.69 Å². The van der Waals surface area contributed by atoms with Crippen LogP contribution in [-0.2, 0) is 11.2 Å². The van der Waals surface area contributed by atoms with Crippen molar-refractivity contribution in [2.45, 2.75) is 26.3 Å². The number of hydrogen-bond acceptors (Lipinski definition) is 6. The first-order valence-electron chi connectivity index (χ1n) is 9.52. The highest BCUT2D eigenvalue weighted by Gasteiger charge is 2.33. The summed E-state index contributed by atoms with van der Waals surface area (Å²) in [6, 6.07) is 15.5. The molecule has 2 heterocycles. The molecule has 7 heteroatoms. The fourth-order valence-corrected chi connectivity index (χ4v) is 3.71. The predicted octanol–water partition coefficient (Wildman–Crippen LogP) is 3.60. The van der Waals surface area contributed by atoms with Crippen LogP contribution in [0.2, 0.25) is 0 Å². The zero-order chi connectivity index (χ0) is 20.4. The molecule has 1 aromatic heterocycles. The Balaban J connectivity index is 1.89. The number of anilines is 1. The van der Waals surface area contributed by atoms with Gasteiger partial charge >= 0.3 is 6.01 Å². The fourth-order valence-electron chi connectivity index (χ4n) is 3.71. The smallest absolute Gasteiger partial charge is 0.335 e. The second kappa shape index (κ2) is 7.87. The molecule has 0 bridgehead atoms. The minimum absolute atomic E-state index is 0.0518. The molecule has 0 radical (unpaired) electrons. The van der Waals surface area contributed by atoms with Crippen LogP contribution in [0, 0.1) is 0 Å². The van der Waals surface area contributed by atoms with Gasteiger partial charge in [-0.05, 0) is 30.7 Å². The van der Waals surface area contributed by atoms with Gasteiger partial charge in [0.25, 0.3) is 0 Å². The Morgan fingerprint density at radius 3 is 2.59 bits per heavy atom. The van der Waals surface area contributed by atoms with Gasteiger partial charge in [0.05, 0.1) is 31.1 Å². The van der Waals surface area contributed by atoms with E-state index in [4.69, 9.17) is 9.47 Å². The summed E-state index contributed by atoms with van der Waals surface area (Å²) in [6.45, 7) is 4.13. The summed E-state index contributed by atoms with van der Waals surface area (Å²) in [6.07, 6.45) is 0.490. The van der Waals surface area contributed by atoms with Gasteiger partial charge in [0.1, 0.15) is 11.4 Å². The van der Waals surface area contributed by atoms with E-state index in [-0.39, 0.29) is 18.0 Å². The van der Waals surface area contributed by atoms with Gasteiger partial charge in [-0.3, -0.25) is 4.79 Å². The first kappa shape index (κ1) is 18.9. The number of benzene rings is 2. The number of methoxy groups -OCH3 is 1. The SMILES string of the molecule is CCOc1ccc(C2Cc3nc(OC)nnc3-c3ccccc3N2C(C)=O)cc1. The molecule has 7 nitrogen and oxygen atoms in total. The summed E-state index contributed by atoms with van der Waals surface area (Å²) in [5, 5.41) is 8.40. The van der Waals surface area contributed by atoms with Crippen molar-refractivity contribution >= 4 is 11.6 Å². The maximum atomic E-state index is 12.8. The summed E-state index contributed by atoms with van der Waals surface area (Å²) >= 11 is 0. The van der Waals surface area contributed by atoms with E-state index in [2.05, 4.69) is 15.2 Å². The quantitative estimate of drug-likeness (QED) is 0.677. The molecule has 0 saturated carbocycles. The van der Waals surface area contributed by atoms with Crippen molar-refractivity contribution in [3.8, 4) is 23.0 Å². The highest BCUT2D eigenvalue weighted by Crippen LogP contribution is 2.41. The number of rotatable bonds is 4. The number of para-hydroxylation sites is 1. The van der Waals surface area contributed by atoms with Crippen LogP contribution >= 0.6 is 0 Å². The number of aromatic nitrogens is 3. The Morgan fingerprint density at radius 2 is 1.90 bits per heavy atom. The molecule has 2 aromatic carbocycles. The standard InChI is InChI=1S/C22H22N4O3/c1-4-29-16-11-9-15(10-12-16)20-13-18-21(24-25-22(23-18)28-3)17-7-5-6-8-19(17)26(20)14(2)27/h5-12,20H,4,13H2,1-3H3. The number of carbonyl (C=O) groups excluding carboxylic acids is 1. The lowest BCUT2D eigenvalue weighted by molar-refractivity contribution is -0.117. The zero-order valence-corrected chi connectivity index (χ0v) is 16.6. The molecule has 0 spiro atoms. The van der Waals surface area contributed by atoms with Gasteiger partial charge in [-0.15, -0.1) is 5.10 Å². The maximum Gasteiger partial charge on any atom is 0.335 e. The average Bonchev–Trinajstić information content (AvgIpc) is 2.88. The van der Waals surface area contributed by atoms with Crippen LogP contribution in [0.15, 0.2) is 48.5 Å². The molecular formula is C22H22N4O3. The van der Waals surface area contributed by atoms with Gasteiger partial charge in [-0.25, -0.2) is 0 Å². The minimum atomic E-state index is -0.244. The second-order valence-electron chi connectivity index (χ2n) is 6.72. The lowest BCUT2D eigenvalue weighted by atomic mass is 10.00. The van der Waals surface area contributed by atoms with E-state index in [9.17, 15) is 4.79 Å². The maximum absolute atomic E-state index is 12.8. The van der Waals surface area contributed by atoms with Crippen LogP contribution in [0.3, 0.4) is 0 Å². The molecule has 1 atom stereocenters. The topological polar surface area (TPSA) is 77.4 Å². The van der Waals surface area contributed by atoms with E-state index < -0.39 is 0 Å². The van der Waals surface area contributed by atoms with E-state index in [0.29, 0.717) is 18.7 Å². The first-order chi connectivity index (χ1) is 14.1. The molecule has 1 unspecified atom stereocenters. The zero-order valence-electron chi connectivity index (χ0n) is 16.6. The number of amides is 1. The van der Waals surface area contributed by atoms with Gasteiger partial charge < -0.3 is 14.4 Å². The van der Waals surface area contributed by atoms with Gasteiger partial charge in [0, 0.05) is 18.9 Å². The van der Waals surface area contributed by atoms with E-state index in [1.54, 1.807) is 11.8 Å². The number of ether oxygens (including phenoxy) is 2. The number of hydrogen-bond donors (Lipinski definition) is 0. The van der Waals surface area contributed by atoms with E-state index in [1.165, 1.54) is 7.11 Å². The normalized spacial score (nSPS) is 15.1. The molecule has 1 aliphatic heterocycles. The lowest BCUT2D eigenvalue weighted by Crippen LogP contribution is -2.34. The fraction of sp³-hybridized carbons (Fsp3) is 0.273. The molecule has 1 amide bonds. The summed E-state index contributed by atoms with van der Waals surface area (Å²) in [5.74, 6) is 0.745. The molecule has 0 N–H and O–H groups in total. The second-order valence-corrected chi connectivity index (χ2v) is 6.72. The van der Waals surface area contributed by atoms with Gasteiger partial charge in [-0.1, -0.05) is 35.4 Å². The molecule has 3 aromatic rings. The van der Waals surface area contributed by atoms with Crippen LogP contribution in [0.5, 0.6) is 11.8 Å². The van der Waals surface area contributed by atoms with Crippen LogP contribution in [0.25, 0.3) is 11.3 Å². The molecule has 0 fully saturated rings. The van der Waals surface area contributed by atoms with E-state index in [0.717, 1.165) is 28.3 Å². The first-order valence-corrected chi connectivity index (χ1v) is 9.52. The molecule has 0 aliphatic carbocycles. The number of fused-ring (bicyclic) bond motifs is 3. The van der Waals surface area contributed by atoms with Gasteiger partial charge in [-0.2, -0.15) is 4.98 Å². The van der Waals surface area contributed by atoms with Crippen molar-refractivity contribution in [1.82, 2.24) is 15.2 Å². The summed E-state index contributed by atoms with van der Waals surface area (Å²) in [7, 11) is 1.51. The lowest BCUT2D eigenvalue weighted by Gasteiger charge is -2.30. The van der Waals surface area contributed by atoms with Crippen LogP contribution in [0.1, 0.15) is 31.1 Å². The highest BCUT2D eigenvalue weighted by atomic mass is 16.5. The Labute approximate surface area is 169 Å². The third-order valence-corrected chi connectivity index (χ3v) is 4.95. The van der Waals surface area contributed by atoms with Gasteiger partial charge in [0.2, 0.25) is 5.91 Å². The molecule has 1 aliphatic rings. The molecule has 0 saturated heterocycles. The Kier molecular flexibility index (Phi) is 5.12. The molecule has 4 rings (SSSR count). The Morgan fingerprint density at radius 1 is 1.14 bits per heavy atom. The molecule has 29 heavy (non-hydrogen) atoms. The number of carbonyl (C=O) groups is 1. The van der Waals surface area contributed by atoms with Crippen molar-refractivity contribution in [3.63, 3.8) is 0 Å².